The van der Waals surface area contributed by atoms with E-state index in [1.807, 2.05) is 6.08 Å². The van der Waals surface area contributed by atoms with Gasteiger partial charge in [-0.3, -0.25) is 0 Å². The van der Waals surface area contributed by atoms with E-state index in [9.17, 15) is 0 Å². The molecule has 12 heavy (non-hydrogen) atoms. The molecule has 1 aliphatic rings. The van der Waals surface area contributed by atoms with Gasteiger partial charge in [-0.1, -0.05) is 6.08 Å². The molecular formula is C10H19NO. The Morgan fingerprint density at radius 2 is 2.50 bits per heavy atom. The molecule has 0 aromatic heterocycles. The molecule has 1 heterocycles. The summed E-state index contributed by atoms with van der Waals surface area (Å²) in [6.07, 6.45) is 5.26. The Morgan fingerprint density at radius 1 is 1.67 bits per heavy atom. The number of nitrogens with one attached hydrogen (secondary N) is 1. The zero-order valence-corrected chi connectivity index (χ0v) is 7.94. The summed E-state index contributed by atoms with van der Waals surface area (Å²) >= 11 is 0. The highest BCUT2D eigenvalue weighted by Gasteiger charge is 2.26. The van der Waals surface area contributed by atoms with E-state index in [4.69, 9.17) is 4.74 Å². The third-order valence-corrected chi connectivity index (χ3v) is 2.33. The van der Waals surface area contributed by atoms with Crippen molar-refractivity contribution in [2.75, 3.05) is 19.7 Å². The van der Waals surface area contributed by atoms with Crippen molar-refractivity contribution in [1.82, 2.24) is 5.32 Å². The lowest BCUT2D eigenvalue weighted by molar-refractivity contribution is -0.0443. The number of hydrogen-bond donors (Lipinski definition) is 1. The molecule has 1 fully saturated rings. The SMILES string of the molecule is C=CCCOC1(C)CCCNC1. The Hall–Kier alpha value is -0.340. The van der Waals surface area contributed by atoms with Gasteiger partial charge in [-0.05, 0) is 32.7 Å². The number of hydrogen-bond acceptors (Lipinski definition) is 2. The van der Waals surface area contributed by atoms with Crippen LogP contribution in [0.25, 0.3) is 0 Å². The predicted octanol–water partition coefficient (Wildman–Crippen LogP) is 1.72. The molecule has 1 atom stereocenters. The highest BCUT2D eigenvalue weighted by molar-refractivity contribution is 4.82. The summed E-state index contributed by atoms with van der Waals surface area (Å²) in [4.78, 5) is 0. The maximum absolute atomic E-state index is 5.78. The maximum Gasteiger partial charge on any atom is 0.0778 e. The standard InChI is InChI=1S/C10H19NO/c1-3-4-8-12-10(2)6-5-7-11-9-10/h3,11H,1,4-9H2,2H3. The minimum atomic E-state index is 0.0707. The highest BCUT2D eigenvalue weighted by Crippen LogP contribution is 2.19. The Bertz CT molecular complexity index is 139. The minimum Gasteiger partial charge on any atom is -0.374 e. The molecular weight excluding hydrogens is 150 g/mol. The number of piperidine rings is 1. The zero-order chi connectivity index (χ0) is 8.86. The molecule has 1 saturated heterocycles. The summed E-state index contributed by atoms with van der Waals surface area (Å²) in [5.41, 5.74) is 0.0707. The van der Waals surface area contributed by atoms with Gasteiger partial charge in [0.25, 0.3) is 0 Å². The van der Waals surface area contributed by atoms with Crippen LogP contribution in [-0.4, -0.2) is 25.3 Å². The van der Waals surface area contributed by atoms with Crippen molar-refractivity contribution >= 4 is 0 Å². The van der Waals surface area contributed by atoms with Crippen LogP contribution >= 0.6 is 0 Å². The first-order valence-corrected chi connectivity index (χ1v) is 4.72. The number of ether oxygens (including phenoxy) is 1. The fraction of sp³-hybridized carbons (Fsp3) is 0.800. The van der Waals surface area contributed by atoms with Crippen molar-refractivity contribution in [3.8, 4) is 0 Å². The molecule has 2 nitrogen and oxygen atoms in total. The Kier molecular flexibility index (Phi) is 3.76. The van der Waals surface area contributed by atoms with Gasteiger partial charge in [-0.15, -0.1) is 6.58 Å². The Morgan fingerprint density at radius 3 is 3.08 bits per heavy atom. The van der Waals surface area contributed by atoms with Gasteiger partial charge in [-0.2, -0.15) is 0 Å². The van der Waals surface area contributed by atoms with Crippen LogP contribution in [0.1, 0.15) is 26.2 Å². The van der Waals surface area contributed by atoms with Crippen LogP contribution in [0.5, 0.6) is 0 Å². The molecule has 70 valence electrons. The van der Waals surface area contributed by atoms with Crippen LogP contribution < -0.4 is 5.32 Å². The van der Waals surface area contributed by atoms with Gasteiger partial charge in [0.15, 0.2) is 0 Å². The van der Waals surface area contributed by atoms with Gasteiger partial charge < -0.3 is 10.1 Å². The largest absolute Gasteiger partial charge is 0.374 e. The molecule has 0 amide bonds. The normalized spacial score (nSPS) is 30.1. The average molecular weight is 169 g/mol. The van der Waals surface area contributed by atoms with Crippen LogP contribution in [-0.2, 0) is 4.74 Å². The summed E-state index contributed by atoms with van der Waals surface area (Å²) in [7, 11) is 0. The minimum absolute atomic E-state index is 0.0707. The lowest BCUT2D eigenvalue weighted by atomic mass is 9.96. The first kappa shape index (κ1) is 9.75. The molecule has 1 aliphatic heterocycles. The van der Waals surface area contributed by atoms with E-state index in [1.54, 1.807) is 0 Å². The van der Waals surface area contributed by atoms with Crippen molar-refractivity contribution in [3.63, 3.8) is 0 Å². The molecule has 1 unspecified atom stereocenters. The molecule has 0 saturated carbocycles. The van der Waals surface area contributed by atoms with E-state index in [0.717, 1.165) is 26.1 Å². The van der Waals surface area contributed by atoms with Crippen LogP contribution in [0.15, 0.2) is 12.7 Å². The van der Waals surface area contributed by atoms with Crippen LogP contribution in [0.4, 0.5) is 0 Å². The van der Waals surface area contributed by atoms with E-state index in [1.165, 1.54) is 12.8 Å². The van der Waals surface area contributed by atoms with Crippen molar-refractivity contribution in [2.24, 2.45) is 0 Å². The van der Waals surface area contributed by atoms with Crippen LogP contribution in [0.2, 0.25) is 0 Å². The van der Waals surface area contributed by atoms with Crippen molar-refractivity contribution in [1.29, 1.82) is 0 Å². The summed E-state index contributed by atoms with van der Waals surface area (Å²) < 4.78 is 5.78. The third kappa shape index (κ3) is 2.95. The molecule has 2 heteroatoms. The van der Waals surface area contributed by atoms with E-state index >= 15 is 0 Å². The van der Waals surface area contributed by atoms with Gasteiger partial charge in [0.1, 0.15) is 0 Å². The third-order valence-electron chi connectivity index (χ3n) is 2.33. The van der Waals surface area contributed by atoms with E-state index in [2.05, 4.69) is 18.8 Å². The fourth-order valence-electron chi connectivity index (χ4n) is 1.54. The quantitative estimate of drug-likeness (QED) is 0.511. The van der Waals surface area contributed by atoms with Gasteiger partial charge in [0.05, 0.1) is 12.2 Å². The van der Waals surface area contributed by atoms with E-state index in [0.29, 0.717) is 0 Å². The summed E-state index contributed by atoms with van der Waals surface area (Å²) in [5, 5.41) is 3.35. The van der Waals surface area contributed by atoms with Crippen molar-refractivity contribution < 1.29 is 4.74 Å². The van der Waals surface area contributed by atoms with Gasteiger partial charge in [-0.25, -0.2) is 0 Å². The Labute approximate surface area is 75.0 Å². The zero-order valence-electron chi connectivity index (χ0n) is 7.94. The van der Waals surface area contributed by atoms with E-state index < -0.39 is 0 Å². The first-order chi connectivity index (χ1) is 5.77. The lowest BCUT2D eigenvalue weighted by Crippen LogP contribution is -2.45. The van der Waals surface area contributed by atoms with Crippen molar-refractivity contribution in [3.05, 3.63) is 12.7 Å². The molecule has 0 spiro atoms. The second-order valence-electron chi connectivity index (χ2n) is 3.66. The summed E-state index contributed by atoms with van der Waals surface area (Å²) in [5.74, 6) is 0. The first-order valence-electron chi connectivity index (χ1n) is 4.72. The topological polar surface area (TPSA) is 21.3 Å². The van der Waals surface area contributed by atoms with Crippen LogP contribution in [0.3, 0.4) is 0 Å². The molecule has 0 aliphatic carbocycles. The molecule has 1 N–H and O–H groups in total. The van der Waals surface area contributed by atoms with Crippen LogP contribution in [0, 0.1) is 0 Å². The van der Waals surface area contributed by atoms with Gasteiger partial charge in [0, 0.05) is 6.54 Å². The highest BCUT2D eigenvalue weighted by atomic mass is 16.5. The fourth-order valence-corrected chi connectivity index (χ4v) is 1.54. The second-order valence-corrected chi connectivity index (χ2v) is 3.66. The second kappa shape index (κ2) is 4.63. The predicted molar refractivity (Wildman–Crippen MR) is 51.3 cm³/mol. The smallest absolute Gasteiger partial charge is 0.0778 e. The average Bonchev–Trinajstić information content (AvgIpc) is 2.06. The summed E-state index contributed by atoms with van der Waals surface area (Å²) in [6, 6.07) is 0. The summed E-state index contributed by atoms with van der Waals surface area (Å²) in [6.45, 7) is 8.79. The van der Waals surface area contributed by atoms with Gasteiger partial charge in [0.2, 0.25) is 0 Å². The molecule has 0 bridgehead atoms. The molecule has 0 aromatic rings. The number of rotatable bonds is 4. The maximum atomic E-state index is 5.78. The molecule has 0 radical (unpaired) electrons. The molecule has 1 rings (SSSR count). The van der Waals surface area contributed by atoms with Gasteiger partial charge >= 0.3 is 0 Å². The van der Waals surface area contributed by atoms with E-state index in [-0.39, 0.29) is 5.60 Å². The van der Waals surface area contributed by atoms with Crippen molar-refractivity contribution in [2.45, 2.75) is 31.8 Å². The Balaban J connectivity index is 2.21. The monoisotopic (exact) mass is 169 g/mol. The molecule has 0 aromatic carbocycles. The lowest BCUT2D eigenvalue weighted by Gasteiger charge is -2.34.